The van der Waals surface area contributed by atoms with Crippen molar-refractivity contribution < 1.29 is 4.92 Å². The van der Waals surface area contributed by atoms with Gasteiger partial charge in [0, 0.05) is 14.1 Å². The third-order valence-corrected chi connectivity index (χ3v) is 3.62. The molecule has 0 amide bonds. The average Bonchev–Trinajstić information content (AvgIpc) is 2.16. The van der Waals surface area contributed by atoms with Crippen molar-refractivity contribution in [3.05, 3.63) is 46.0 Å². The molecule has 4 heteroatoms. The molecular formula is C12H17NO2Si. The van der Waals surface area contributed by atoms with Gasteiger partial charge in [0.2, 0.25) is 0 Å². The second-order valence-electron chi connectivity index (χ2n) is 4.98. The molecule has 0 aliphatic heterocycles. The van der Waals surface area contributed by atoms with Crippen LogP contribution in [0.5, 0.6) is 0 Å². The van der Waals surface area contributed by atoms with E-state index in [2.05, 4.69) is 25.7 Å². The molecule has 1 aromatic rings. The van der Waals surface area contributed by atoms with Crippen LogP contribution in [-0.2, 0) is 0 Å². The van der Waals surface area contributed by atoms with Crippen molar-refractivity contribution in [3.8, 4) is 0 Å². The quantitative estimate of drug-likeness (QED) is 0.450. The number of para-hydroxylation sites is 1. The van der Waals surface area contributed by atoms with Crippen molar-refractivity contribution in [1.29, 1.82) is 0 Å². The molecule has 0 aromatic heterocycles. The molecule has 0 N–H and O–H groups in total. The fourth-order valence-electron chi connectivity index (χ4n) is 1.33. The maximum absolute atomic E-state index is 10.8. The Bertz CT molecular complexity index is 408. The smallest absolute Gasteiger partial charge is 0.258 e. The molecule has 0 radical (unpaired) electrons. The molecule has 1 rings (SSSR count). The van der Waals surface area contributed by atoms with Gasteiger partial charge >= 0.3 is 0 Å². The summed E-state index contributed by atoms with van der Waals surface area (Å²) in [5.74, 6) is 0. The van der Waals surface area contributed by atoms with Crippen LogP contribution in [0.4, 0.5) is 5.69 Å². The van der Waals surface area contributed by atoms with Gasteiger partial charge in [-0.1, -0.05) is 43.9 Å². The molecule has 3 nitrogen and oxygen atoms in total. The molecule has 0 heterocycles. The molecule has 0 aliphatic carbocycles. The topological polar surface area (TPSA) is 43.1 Å². The summed E-state index contributed by atoms with van der Waals surface area (Å²) in [6.07, 6.45) is 3.91. The zero-order valence-corrected chi connectivity index (χ0v) is 10.9. The van der Waals surface area contributed by atoms with Crippen LogP contribution in [0.15, 0.2) is 30.3 Å². The molecule has 0 spiro atoms. The standard InChI is InChI=1S/C12H17NO2Si/c1-16(2,3)10-6-8-11-7-4-5-9-12(11)13(14)15/h4-9H,10H2,1-3H3/b8-6+. The first kappa shape index (κ1) is 12.6. The summed E-state index contributed by atoms with van der Waals surface area (Å²) in [6, 6.07) is 7.86. The number of hydrogen-bond acceptors (Lipinski definition) is 2. The Hall–Kier alpha value is -1.42. The largest absolute Gasteiger partial charge is 0.276 e. The highest BCUT2D eigenvalue weighted by Crippen LogP contribution is 2.20. The maximum atomic E-state index is 10.8. The summed E-state index contributed by atoms with van der Waals surface area (Å²) in [7, 11) is -1.11. The molecule has 0 aliphatic rings. The van der Waals surface area contributed by atoms with Crippen molar-refractivity contribution in [3.63, 3.8) is 0 Å². The molecule has 0 atom stereocenters. The SMILES string of the molecule is C[Si](C)(C)C/C=C/c1ccccc1[N+](=O)[O-]. The molecule has 16 heavy (non-hydrogen) atoms. The Morgan fingerprint density at radius 2 is 1.94 bits per heavy atom. The number of benzene rings is 1. The van der Waals surface area contributed by atoms with Gasteiger partial charge in [0.05, 0.1) is 10.5 Å². The zero-order valence-electron chi connectivity index (χ0n) is 9.93. The molecule has 0 saturated carbocycles. The Labute approximate surface area is 97.0 Å². The van der Waals surface area contributed by atoms with Gasteiger partial charge in [-0.05, 0) is 12.1 Å². The Morgan fingerprint density at radius 3 is 2.50 bits per heavy atom. The van der Waals surface area contributed by atoms with Gasteiger partial charge in [0.25, 0.3) is 5.69 Å². The summed E-state index contributed by atoms with van der Waals surface area (Å²) in [5.41, 5.74) is 0.861. The molecule has 1 aromatic carbocycles. The van der Waals surface area contributed by atoms with E-state index in [0.717, 1.165) is 6.04 Å². The summed E-state index contributed by atoms with van der Waals surface area (Å²) in [4.78, 5) is 10.4. The zero-order chi connectivity index (χ0) is 12.2. The van der Waals surface area contributed by atoms with E-state index in [9.17, 15) is 10.1 Å². The number of nitro benzene ring substituents is 1. The van der Waals surface area contributed by atoms with Gasteiger partial charge in [0.15, 0.2) is 0 Å². The molecule has 0 unspecified atom stereocenters. The number of nitro groups is 1. The molecule has 0 bridgehead atoms. The van der Waals surface area contributed by atoms with Gasteiger partial charge in [0.1, 0.15) is 0 Å². The van der Waals surface area contributed by atoms with Gasteiger partial charge in [-0.15, -0.1) is 0 Å². The summed E-state index contributed by atoms with van der Waals surface area (Å²) >= 11 is 0. The first-order valence-electron chi connectivity index (χ1n) is 5.30. The van der Waals surface area contributed by atoms with E-state index in [1.165, 1.54) is 6.07 Å². The Morgan fingerprint density at radius 1 is 1.31 bits per heavy atom. The normalized spacial score (nSPS) is 11.9. The van der Waals surface area contributed by atoms with Gasteiger partial charge in [-0.25, -0.2) is 0 Å². The van der Waals surface area contributed by atoms with Crippen molar-refractivity contribution in [2.45, 2.75) is 25.7 Å². The monoisotopic (exact) mass is 235 g/mol. The molecule has 86 valence electrons. The fourth-order valence-corrected chi connectivity index (χ4v) is 2.16. The third-order valence-electron chi connectivity index (χ3n) is 2.16. The van der Waals surface area contributed by atoms with Gasteiger partial charge in [-0.3, -0.25) is 10.1 Å². The van der Waals surface area contributed by atoms with Crippen molar-refractivity contribution >= 4 is 19.8 Å². The summed E-state index contributed by atoms with van der Waals surface area (Å²) in [5, 5.41) is 10.8. The predicted molar refractivity (Wildman–Crippen MR) is 70.3 cm³/mol. The first-order chi connectivity index (χ1) is 7.40. The number of nitrogens with zero attached hydrogens (tertiary/aromatic N) is 1. The van der Waals surface area contributed by atoms with E-state index in [1.807, 2.05) is 12.1 Å². The maximum Gasteiger partial charge on any atom is 0.276 e. The van der Waals surface area contributed by atoms with E-state index >= 15 is 0 Å². The van der Waals surface area contributed by atoms with E-state index in [0.29, 0.717) is 5.56 Å². The minimum atomic E-state index is -1.11. The average molecular weight is 235 g/mol. The lowest BCUT2D eigenvalue weighted by molar-refractivity contribution is -0.385. The van der Waals surface area contributed by atoms with E-state index in [-0.39, 0.29) is 10.6 Å². The summed E-state index contributed by atoms with van der Waals surface area (Å²) in [6.45, 7) is 6.82. The predicted octanol–water partition coefficient (Wildman–Crippen LogP) is 3.95. The van der Waals surface area contributed by atoms with Crippen LogP contribution in [0.3, 0.4) is 0 Å². The van der Waals surface area contributed by atoms with Crippen LogP contribution in [0.25, 0.3) is 6.08 Å². The highest BCUT2D eigenvalue weighted by atomic mass is 28.3. The highest BCUT2D eigenvalue weighted by molar-refractivity contribution is 6.76. The minimum absolute atomic E-state index is 0.175. The Balaban J connectivity index is 2.85. The fraction of sp³-hybridized carbons (Fsp3) is 0.333. The lowest BCUT2D eigenvalue weighted by atomic mass is 10.2. The summed E-state index contributed by atoms with van der Waals surface area (Å²) < 4.78 is 0. The second kappa shape index (κ2) is 5.07. The molecule has 0 fully saturated rings. The van der Waals surface area contributed by atoms with Crippen LogP contribution < -0.4 is 0 Å². The molecule has 0 saturated heterocycles. The van der Waals surface area contributed by atoms with Crippen molar-refractivity contribution in [2.75, 3.05) is 0 Å². The van der Waals surface area contributed by atoms with Crippen LogP contribution in [0.2, 0.25) is 25.7 Å². The van der Waals surface area contributed by atoms with Crippen molar-refractivity contribution in [2.24, 2.45) is 0 Å². The lowest BCUT2D eigenvalue weighted by Crippen LogP contribution is -2.17. The number of allylic oxidation sites excluding steroid dienone is 1. The van der Waals surface area contributed by atoms with E-state index < -0.39 is 8.07 Å². The number of rotatable bonds is 4. The van der Waals surface area contributed by atoms with Gasteiger partial charge in [-0.2, -0.15) is 0 Å². The van der Waals surface area contributed by atoms with Crippen molar-refractivity contribution in [1.82, 2.24) is 0 Å². The van der Waals surface area contributed by atoms with Crippen LogP contribution in [0, 0.1) is 10.1 Å². The second-order valence-corrected chi connectivity index (χ2v) is 10.5. The lowest BCUT2D eigenvalue weighted by Gasteiger charge is -2.11. The number of hydrogen-bond donors (Lipinski definition) is 0. The van der Waals surface area contributed by atoms with Gasteiger partial charge < -0.3 is 0 Å². The van der Waals surface area contributed by atoms with Crippen LogP contribution in [0.1, 0.15) is 5.56 Å². The highest BCUT2D eigenvalue weighted by Gasteiger charge is 2.11. The van der Waals surface area contributed by atoms with E-state index in [4.69, 9.17) is 0 Å². The van der Waals surface area contributed by atoms with Crippen LogP contribution >= 0.6 is 0 Å². The van der Waals surface area contributed by atoms with E-state index in [1.54, 1.807) is 12.1 Å². The third kappa shape index (κ3) is 3.98. The Kier molecular flexibility index (Phi) is 4.01. The molecular weight excluding hydrogens is 218 g/mol. The minimum Gasteiger partial charge on any atom is -0.258 e. The van der Waals surface area contributed by atoms with Crippen LogP contribution in [-0.4, -0.2) is 13.0 Å². The first-order valence-corrected chi connectivity index (χ1v) is 9.01.